The van der Waals surface area contributed by atoms with Gasteiger partial charge in [0.25, 0.3) is 0 Å². The lowest BCUT2D eigenvalue weighted by molar-refractivity contribution is 0.558. The van der Waals surface area contributed by atoms with Crippen molar-refractivity contribution in [3.63, 3.8) is 0 Å². The second-order valence-electron chi connectivity index (χ2n) is 4.69. The predicted octanol–water partition coefficient (Wildman–Crippen LogP) is 3.15. The Bertz CT molecular complexity index is 329. The highest BCUT2D eigenvalue weighted by Gasteiger charge is 2.56. The molecule has 0 spiro atoms. The minimum Gasteiger partial charge on any atom is -0.330 e. The highest BCUT2D eigenvalue weighted by molar-refractivity contribution is 9.10. The van der Waals surface area contributed by atoms with Crippen molar-refractivity contribution >= 4 is 15.9 Å². The first-order chi connectivity index (χ1) is 6.57. The van der Waals surface area contributed by atoms with E-state index in [9.17, 15) is 0 Å². The van der Waals surface area contributed by atoms with Gasteiger partial charge in [0, 0.05) is 4.47 Å². The molecule has 1 aromatic carbocycles. The van der Waals surface area contributed by atoms with Gasteiger partial charge in [-0.3, -0.25) is 0 Å². The van der Waals surface area contributed by atoms with Crippen molar-refractivity contribution in [2.24, 2.45) is 17.1 Å². The molecule has 14 heavy (non-hydrogen) atoms. The van der Waals surface area contributed by atoms with Gasteiger partial charge in [0.2, 0.25) is 0 Å². The fraction of sp³-hybridized carbons (Fsp3) is 0.500. The van der Waals surface area contributed by atoms with E-state index in [1.165, 1.54) is 5.56 Å². The third kappa shape index (κ3) is 1.51. The standard InChI is InChI=1S/C12H16BrN/c1-12(2)10(7-14)11(12)8-3-5-9(13)6-4-8/h3-6,10-11H,7,14H2,1-2H3/t10-,11-/m0/s1. The van der Waals surface area contributed by atoms with E-state index in [1.807, 2.05) is 0 Å². The summed E-state index contributed by atoms with van der Waals surface area (Å²) in [4.78, 5) is 0. The van der Waals surface area contributed by atoms with E-state index < -0.39 is 0 Å². The molecular formula is C12H16BrN. The molecule has 1 aliphatic rings. The van der Waals surface area contributed by atoms with Crippen molar-refractivity contribution < 1.29 is 0 Å². The Morgan fingerprint density at radius 3 is 2.29 bits per heavy atom. The monoisotopic (exact) mass is 253 g/mol. The average Bonchev–Trinajstić information content (AvgIpc) is 2.69. The first-order valence-electron chi connectivity index (χ1n) is 5.03. The van der Waals surface area contributed by atoms with Crippen molar-refractivity contribution in [1.82, 2.24) is 0 Å². The number of halogens is 1. The Labute approximate surface area is 93.8 Å². The molecule has 2 atom stereocenters. The number of hydrogen-bond donors (Lipinski definition) is 1. The van der Waals surface area contributed by atoms with Gasteiger partial charge in [0.15, 0.2) is 0 Å². The molecule has 1 nitrogen and oxygen atoms in total. The van der Waals surface area contributed by atoms with Crippen molar-refractivity contribution in [1.29, 1.82) is 0 Å². The van der Waals surface area contributed by atoms with Crippen LogP contribution < -0.4 is 5.73 Å². The van der Waals surface area contributed by atoms with Crippen LogP contribution in [0.4, 0.5) is 0 Å². The molecular weight excluding hydrogens is 238 g/mol. The second-order valence-corrected chi connectivity index (χ2v) is 5.61. The van der Waals surface area contributed by atoms with E-state index in [-0.39, 0.29) is 0 Å². The van der Waals surface area contributed by atoms with E-state index in [0.717, 1.165) is 11.0 Å². The van der Waals surface area contributed by atoms with E-state index in [1.54, 1.807) is 0 Å². The molecule has 0 heterocycles. The number of hydrogen-bond acceptors (Lipinski definition) is 1. The molecule has 0 aliphatic heterocycles. The van der Waals surface area contributed by atoms with Crippen LogP contribution in [0.5, 0.6) is 0 Å². The average molecular weight is 254 g/mol. The molecule has 1 fully saturated rings. The van der Waals surface area contributed by atoms with Crippen molar-refractivity contribution in [3.05, 3.63) is 34.3 Å². The highest BCUT2D eigenvalue weighted by Crippen LogP contribution is 2.63. The smallest absolute Gasteiger partial charge is 0.0175 e. The molecule has 2 heteroatoms. The van der Waals surface area contributed by atoms with E-state index in [0.29, 0.717) is 17.3 Å². The van der Waals surface area contributed by atoms with E-state index >= 15 is 0 Å². The second kappa shape index (κ2) is 3.35. The van der Waals surface area contributed by atoms with Crippen LogP contribution >= 0.6 is 15.9 Å². The normalized spacial score (nSPS) is 28.9. The summed E-state index contributed by atoms with van der Waals surface area (Å²) in [6.45, 7) is 5.40. The molecule has 2 N–H and O–H groups in total. The van der Waals surface area contributed by atoms with Crippen LogP contribution in [0.3, 0.4) is 0 Å². The minimum atomic E-state index is 0.391. The maximum absolute atomic E-state index is 5.76. The first kappa shape index (κ1) is 10.2. The lowest BCUT2D eigenvalue weighted by Crippen LogP contribution is -2.05. The topological polar surface area (TPSA) is 26.0 Å². The van der Waals surface area contributed by atoms with Gasteiger partial charge < -0.3 is 5.73 Å². The maximum atomic E-state index is 5.76. The zero-order chi connectivity index (χ0) is 10.3. The Kier molecular flexibility index (Phi) is 2.44. The highest BCUT2D eigenvalue weighted by atomic mass is 79.9. The summed E-state index contributed by atoms with van der Waals surface area (Å²) in [5.74, 6) is 1.31. The molecule has 0 saturated heterocycles. The molecule has 0 amide bonds. The van der Waals surface area contributed by atoms with Crippen LogP contribution in [-0.2, 0) is 0 Å². The molecule has 0 bridgehead atoms. The van der Waals surface area contributed by atoms with Crippen LogP contribution in [-0.4, -0.2) is 6.54 Å². The third-order valence-corrected chi connectivity index (χ3v) is 4.06. The lowest BCUT2D eigenvalue weighted by Gasteiger charge is -2.02. The van der Waals surface area contributed by atoms with Crippen LogP contribution in [0.2, 0.25) is 0 Å². The molecule has 76 valence electrons. The molecule has 1 aliphatic carbocycles. The van der Waals surface area contributed by atoms with E-state index in [2.05, 4.69) is 54.0 Å². The van der Waals surface area contributed by atoms with Crippen LogP contribution in [0.15, 0.2) is 28.7 Å². The Hall–Kier alpha value is -0.340. The van der Waals surface area contributed by atoms with E-state index in [4.69, 9.17) is 5.73 Å². The Morgan fingerprint density at radius 1 is 1.29 bits per heavy atom. The number of nitrogens with two attached hydrogens (primary N) is 1. The van der Waals surface area contributed by atoms with Gasteiger partial charge in [-0.2, -0.15) is 0 Å². The molecule has 0 radical (unpaired) electrons. The summed E-state index contributed by atoms with van der Waals surface area (Å²) < 4.78 is 1.14. The van der Waals surface area contributed by atoms with Gasteiger partial charge in [-0.15, -0.1) is 0 Å². The minimum absolute atomic E-state index is 0.391. The van der Waals surface area contributed by atoms with Crippen LogP contribution in [0.25, 0.3) is 0 Å². The Balaban J connectivity index is 2.22. The van der Waals surface area contributed by atoms with Crippen LogP contribution in [0, 0.1) is 11.3 Å². The fourth-order valence-electron chi connectivity index (χ4n) is 2.52. The molecule has 0 unspecified atom stereocenters. The predicted molar refractivity (Wildman–Crippen MR) is 63.2 cm³/mol. The van der Waals surface area contributed by atoms with Gasteiger partial charge >= 0.3 is 0 Å². The molecule has 1 aromatic rings. The molecule has 2 rings (SSSR count). The summed E-state index contributed by atoms with van der Waals surface area (Å²) in [5.41, 5.74) is 7.57. The summed E-state index contributed by atoms with van der Waals surface area (Å²) in [6, 6.07) is 8.62. The number of rotatable bonds is 2. The third-order valence-electron chi connectivity index (χ3n) is 3.53. The summed E-state index contributed by atoms with van der Waals surface area (Å²) >= 11 is 3.45. The summed E-state index contributed by atoms with van der Waals surface area (Å²) in [6.07, 6.45) is 0. The van der Waals surface area contributed by atoms with Gasteiger partial charge in [-0.05, 0) is 41.5 Å². The van der Waals surface area contributed by atoms with Gasteiger partial charge in [0.1, 0.15) is 0 Å². The van der Waals surface area contributed by atoms with Crippen molar-refractivity contribution in [3.8, 4) is 0 Å². The van der Waals surface area contributed by atoms with Gasteiger partial charge in [-0.1, -0.05) is 41.9 Å². The molecule has 0 aromatic heterocycles. The van der Waals surface area contributed by atoms with Crippen molar-refractivity contribution in [2.45, 2.75) is 19.8 Å². The number of benzene rings is 1. The first-order valence-corrected chi connectivity index (χ1v) is 5.82. The fourth-order valence-corrected chi connectivity index (χ4v) is 2.78. The SMILES string of the molecule is CC1(C)[C@@H](CN)[C@@H]1c1ccc(Br)cc1. The van der Waals surface area contributed by atoms with Gasteiger partial charge in [-0.25, -0.2) is 0 Å². The lowest BCUT2D eigenvalue weighted by atomic mass is 10.0. The maximum Gasteiger partial charge on any atom is 0.0175 e. The summed E-state index contributed by atoms with van der Waals surface area (Å²) in [5, 5.41) is 0. The van der Waals surface area contributed by atoms with Crippen LogP contribution in [0.1, 0.15) is 25.3 Å². The zero-order valence-corrected chi connectivity index (χ0v) is 10.2. The Morgan fingerprint density at radius 2 is 1.86 bits per heavy atom. The summed E-state index contributed by atoms with van der Waals surface area (Å²) in [7, 11) is 0. The zero-order valence-electron chi connectivity index (χ0n) is 8.63. The molecule has 1 saturated carbocycles. The quantitative estimate of drug-likeness (QED) is 0.862. The van der Waals surface area contributed by atoms with Crippen molar-refractivity contribution in [2.75, 3.05) is 6.54 Å². The van der Waals surface area contributed by atoms with Gasteiger partial charge in [0.05, 0.1) is 0 Å². The largest absolute Gasteiger partial charge is 0.330 e.